The van der Waals surface area contributed by atoms with Crippen molar-refractivity contribution in [2.45, 2.75) is 45.1 Å². The minimum absolute atomic E-state index is 0.0218. The molecule has 3 aromatic carbocycles. The predicted octanol–water partition coefficient (Wildman–Crippen LogP) is 5.53. The van der Waals surface area contributed by atoms with Crippen molar-refractivity contribution in [1.82, 2.24) is 10.2 Å². The van der Waals surface area contributed by atoms with E-state index < -0.39 is 27.7 Å². The number of nitrogens with one attached hydrogen (secondary N) is 1. The van der Waals surface area contributed by atoms with Gasteiger partial charge in [-0.3, -0.25) is 4.18 Å². The lowest BCUT2D eigenvalue weighted by molar-refractivity contribution is -0.119. The minimum Gasteiger partial charge on any atom is -0.445 e. The van der Waals surface area contributed by atoms with Gasteiger partial charge >= 0.3 is 12.2 Å². The lowest BCUT2D eigenvalue weighted by atomic mass is 9.60. The molecule has 1 saturated heterocycles. The van der Waals surface area contributed by atoms with E-state index in [2.05, 4.69) is 5.32 Å². The molecular weight excluding hydrogens is 608 g/mol. The van der Waals surface area contributed by atoms with Crippen molar-refractivity contribution in [3.8, 4) is 0 Å². The zero-order chi connectivity index (χ0) is 32.4. The molecule has 46 heavy (non-hydrogen) atoms. The van der Waals surface area contributed by atoms with Gasteiger partial charge in [0.2, 0.25) is 0 Å². The molecule has 0 spiro atoms. The summed E-state index contributed by atoms with van der Waals surface area (Å²) in [5, 5.41) is 2.92. The highest BCUT2D eigenvalue weighted by Crippen LogP contribution is 2.49. The number of alkyl carbamates (subject to hydrolysis) is 1. The summed E-state index contributed by atoms with van der Waals surface area (Å²) in [6.07, 6.45) is 2.05. The molecule has 4 atom stereocenters. The first-order valence-electron chi connectivity index (χ1n) is 15.6. The number of nitrogens with zero attached hydrogens (tertiary/aromatic N) is 1. The number of hydrogen-bond acceptors (Lipinski definition) is 8. The van der Waals surface area contributed by atoms with Crippen LogP contribution >= 0.6 is 0 Å². The van der Waals surface area contributed by atoms with Crippen LogP contribution in [0.15, 0.2) is 91.0 Å². The molecule has 0 unspecified atom stereocenters. The summed E-state index contributed by atoms with van der Waals surface area (Å²) in [6.45, 7) is 1.09. The number of rotatable bonds is 13. The highest BCUT2D eigenvalue weighted by atomic mass is 32.2. The van der Waals surface area contributed by atoms with Crippen LogP contribution in [-0.2, 0) is 48.3 Å². The topological polar surface area (TPSA) is 120 Å². The first-order valence-corrected chi connectivity index (χ1v) is 17.4. The Morgan fingerprint density at radius 1 is 0.804 bits per heavy atom. The Hall–Kier alpha value is -3.93. The number of ether oxygens (including phenoxy) is 3. The molecule has 11 heteroatoms. The lowest BCUT2D eigenvalue weighted by Gasteiger charge is -2.56. The molecule has 2 bridgehead atoms. The van der Waals surface area contributed by atoms with Gasteiger partial charge < -0.3 is 24.4 Å². The molecule has 1 saturated carbocycles. The number of fused-ring (bicyclic) bond motifs is 2. The highest BCUT2D eigenvalue weighted by Gasteiger charge is 2.54. The fourth-order valence-corrected chi connectivity index (χ4v) is 7.05. The maximum Gasteiger partial charge on any atom is 0.410 e. The standard InChI is InChI=1S/C35H42N2O8S/c1-46(40,41)45-26-35(25-42-21-27-11-5-2-6-12-27)24-37(34(39)44-23-29-15-9-4-10-16-29)31-18-17-30(32(35)19-31)20-36-33(38)43-22-28-13-7-3-8-14-28/h2-16,30-32H,17-26H2,1H3,(H,36,38)/t30-,31-,32-,35-/m1/s1. The molecule has 1 heterocycles. The van der Waals surface area contributed by atoms with E-state index in [4.69, 9.17) is 18.4 Å². The van der Waals surface area contributed by atoms with Gasteiger partial charge in [-0.25, -0.2) is 9.59 Å². The summed E-state index contributed by atoms with van der Waals surface area (Å²) in [6, 6.07) is 28.5. The molecule has 1 N–H and O–H groups in total. The van der Waals surface area contributed by atoms with Gasteiger partial charge in [-0.1, -0.05) is 91.0 Å². The van der Waals surface area contributed by atoms with Crippen LogP contribution in [0.4, 0.5) is 9.59 Å². The fraction of sp³-hybridized carbons (Fsp3) is 0.429. The molecule has 5 rings (SSSR count). The van der Waals surface area contributed by atoms with Crippen molar-refractivity contribution < 1.29 is 36.4 Å². The predicted molar refractivity (Wildman–Crippen MR) is 172 cm³/mol. The first-order chi connectivity index (χ1) is 22.2. The van der Waals surface area contributed by atoms with Crippen molar-refractivity contribution in [3.63, 3.8) is 0 Å². The summed E-state index contributed by atoms with van der Waals surface area (Å²) >= 11 is 0. The van der Waals surface area contributed by atoms with Gasteiger partial charge in [-0.2, -0.15) is 8.42 Å². The largest absolute Gasteiger partial charge is 0.445 e. The average molecular weight is 651 g/mol. The monoisotopic (exact) mass is 650 g/mol. The first kappa shape index (κ1) is 33.4. The van der Waals surface area contributed by atoms with Crippen LogP contribution in [0.25, 0.3) is 0 Å². The van der Waals surface area contributed by atoms with E-state index in [1.165, 1.54) is 0 Å². The number of hydrogen-bond donors (Lipinski definition) is 1. The van der Waals surface area contributed by atoms with Crippen LogP contribution in [0.5, 0.6) is 0 Å². The zero-order valence-corrected chi connectivity index (χ0v) is 26.9. The third-order valence-corrected chi connectivity index (χ3v) is 9.45. The normalized spacial score (nSPS) is 22.5. The van der Waals surface area contributed by atoms with Gasteiger partial charge in [-0.15, -0.1) is 0 Å². The molecule has 2 aliphatic rings. The summed E-state index contributed by atoms with van der Waals surface area (Å²) < 4.78 is 47.6. The van der Waals surface area contributed by atoms with E-state index in [9.17, 15) is 18.0 Å². The quantitative estimate of drug-likeness (QED) is 0.240. The van der Waals surface area contributed by atoms with Crippen molar-refractivity contribution in [2.75, 3.05) is 32.6 Å². The smallest absolute Gasteiger partial charge is 0.410 e. The minimum atomic E-state index is -3.81. The van der Waals surface area contributed by atoms with E-state index in [0.717, 1.165) is 29.4 Å². The third kappa shape index (κ3) is 9.31. The van der Waals surface area contributed by atoms with Crippen LogP contribution < -0.4 is 5.32 Å². The van der Waals surface area contributed by atoms with Crippen LogP contribution in [0.1, 0.15) is 36.0 Å². The molecular formula is C35H42N2O8S. The average Bonchev–Trinajstić information content (AvgIpc) is 3.07. The number of benzene rings is 3. The fourth-order valence-electron chi connectivity index (χ4n) is 6.60. The van der Waals surface area contributed by atoms with Gasteiger partial charge in [0.05, 0.1) is 26.1 Å². The number of piperidine rings is 1. The summed E-state index contributed by atoms with van der Waals surface area (Å²) in [5.74, 6) is -0.136. The number of carbonyl (C=O) groups excluding carboxylic acids is 2. The van der Waals surface area contributed by atoms with Gasteiger partial charge in [0, 0.05) is 24.5 Å². The van der Waals surface area contributed by atoms with Gasteiger partial charge in [0.15, 0.2) is 0 Å². The Morgan fingerprint density at radius 3 is 1.96 bits per heavy atom. The molecule has 3 aromatic rings. The maximum absolute atomic E-state index is 13.6. The van der Waals surface area contributed by atoms with Crippen molar-refractivity contribution in [1.29, 1.82) is 0 Å². The molecule has 2 fully saturated rings. The number of likely N-dealkylation sites (tertiary alicyclic amines) is 1. The SMILES string of the molecule is CS(=O)(=O)OC[C@]1(COCc2ccccc2)CN(C(=O)OCc2ccccc2)[C@@H]2CC[C@H](CNC(=O)OCc3ccccc3)[C@H]1C2. The number of amides is 2. The Bertz CT molecular complexity index is 1520. The van der Waals surface area contributed by atoms with Crippen LogP contribution in [0.3, 0.4) is 0 Å². The number of carbonyl (C=O) groups is 2. The lowest BCUT2D eigenvalue weighted by Crippen LogP contribution is -2.63. The molecule has 0 radical (unpaired) electrons. The molecule has 1 aliphatic carbocycles. The van der Waals surface area contributed by atoms with Gasteiger partial charge in [0.1, 0.15) is 13.2 Å². The van der Waals surface area contributed by atoms with Gasteiger partial charge in [0.25, 0.3) is 10.1 Å². The molecule has 2 amide bonds. The van der Waals surface area contributed by atoms with Crippen molar-refractivity contribution in [2.24, 2.45) is 17.3 Å². The van der Waals surface area contributed by atoms with E-state index in [1.54, 1.807) is 4.90 Å². The van der Waals surface area contributed by atoms with Gasteiger partial charge in [-0.05, 0) is 47.8 Å². The van der Waals surface area contributed by atoms with Crippen molar-refractivity contribution in [3.05, 3.63) is 108 Å². The highest BCUT2D eigenvalue weighted by molar-refractivity contribution is 7.85. The Morgan fingerprint density at radius 2 is 1.37 bits per heavy atom. The molecule has 10 nitrogen and oxygen atoms in total. The van der Waals surface area contributed by atoms with Crippen LogP contribution in [0.2, 0.25) is 0 Å². The second-order valence-electron chi connectivity index (χ2n) is 12.3. The summed E-state index contributed by atoms with van der Waals surface area (Å²) in [5.41, 5.74) is 1.84. The Kier molecular flexibility index (Phi) is 11.3. The summed E-state index contributed by atoms with van der Waals surface area (Å²) in [7, 11) is -3.81. The maximum atomic E-state index is 13.6. The molecule has 0 aromatic heterocycles. The Labute approximate surface area is 271 Å². The van der Waals surface area contributed by atoms with Crippen LogP contribution in [-0.4, -0.2) is 64.1 Å². The molecule has 1 aliphatic heterocycles. The Balaban J connectivity index is 1.34. The van der Waals surface area contributed by atoms with Crippen LogP contribution in [0, 0.1) is 17.3 Å². The van der Waals surface area contributed by atoms with E-state index in [0.29, 0.717) is 26.0 Å². The molecule has 246 valence electrons. The third-order valence-electron chi connectivity index (χ3n) is 8.90. The summed E-state index contributed by atoms with van der Waals surface area (Å²) in [4.78, 5) is 28.0. The zero-order valence-electron chi connectivity index (χ0n) is 26.1. The van der Waals surface area contributed by atoms with E-state index >= 15 is 0 Å². The second-order valence-corrected chi connectivity index (χ2v) is 13.9. The van der Waals surface area contributed by atoms with E-state index in [1.807, 2.05) is 91.0 Å². The second kappa shape index (κ2) is 15.6. The van der Waals surface area contributed by atoms with Crippen molar-refractivity contribution >= 4 is 22.3 Å². The van der Waals surface area contributed by atoms with E-state index in [-0.39, 0.29) is 50.8 Å².